The van der Waals surface area contributed by atoms with Crippen LogP contribution in [0.2, 0.25) is 5.02 Å². The number of halogens is 2. The van der Waals surface area contributed by atoms with E-state index in [1.165, 1.54) is 31.4 Å². The summed E-state index contributed by atoms with van der Waals surface area (Å²) in [6.07, 6.45) is 0. The summed E-state index contributed by atoms with van der Waals surface area (Å²) in [5, 5.41) is 3.07. The Labute approximate surface area is 120 Å². The van der Waals surface area contributed by atoms with Crippen molar-refractivity contribution in [2.75, 3.05) is 18.2 Å². The van der Waals surface area contributed by atoms with Crippen molar-refractivity contribution in [2.45, 2.75) is 0 Å². The lowest BCUT2D eigenvalue weighted by atomic mass is 10.1. The molecule has 0 aliphatic rings. The Morgan fingerprint density at radius 2 is 2.05 bits per heavy atom. The molecule has 0 saturated carbocycles. The maximum Gasteiger partial charge on any atom is 0.259 e. The summed E-state index contributed by atoms with van der Waals surface area (Å²) >= 11 is 5.83. The molecule has 2 rings (SSSR count). The number of carbonyl (C=O) groups is 1. The van der Waals surface area contributed by atoms with Gasteiger partial charge in [0.15, 0.2) is 0 Å². The van der Waals surface area contributed by atoms with Crippen LogP contribution in [0.4, 0.5) is 15.8 Å². The van der Waals surface area contributed by atoms with Gasteiger partial charge in [0, 0.05) is 10.7 Å². The molecule has 2 aromatic carbocycles. The van der Waals surface area contributed by atoms with Crippen molar-refractivity contribution < 1.29 is 13.9 Å². The summed E-state index contributed by atoms with van der Waals surface area (Å²) in [6, 6.07) is 8.61. The van der Waals surface area contributed by atoms with E-state index in [0.717, 1.165) is 0 Å². The van der Waals surface area contributed by atoms with Gasteiger partial charge in [0.05, 0.1) is 18.4 Å². The lowest BCUT2D eigenvalue weighted by molar-refractivity contribution is 0.102. The van der Waals surface area contributed by atoms with E-state index in [4.69, 9.17) is 22.1 Å². The third kappa shape index (κ3) is 3.00. The van der Waals surface area contributed by atoms with Crippen molar-refractivity contribution in [2.24, 2.45) is 0 Å². The standard InChI is InChI=1S/C14H12ClFN2O2/c1-20-13-6-8(15)2-4-10(13)14(19)18-9-3-5-11(16)12(17)7-9/h2-7H,17H2,1H3,(H,18,19). The van der Waals surface area contributed by atoms with Crippen molar-refractivity contribution in [1.29, 1.82) is 0 Å². The fourth-order valence-corrected chi connectivity index (χ4v) is 1.83. The van der Waals surface area contributed by atoms with Gasteiger partial charge < -0.3 is 15.8 Å². The maximum atomic E-state index is 13.0. The summed E-state index contributed by atoms with van der Waals surface area (Å²) < 4.78 is 18.1. The van der Waals surface area contributed by atoms with Crippen LogP contribution in [0.25, 0.3) is 0 Å². The van der Waals surface area contributed by atoms with E-state index >= 15 is 0 Å². The highest BCUT2D eigenvalue weighted by Crippen LogP contribution is 2.24. The zero-order valence-electron chi connectivity index (χ0n) is 10.6. The topological polar surface area (TPSA) is 64.3 Å². The van der Waals surface area contributed by atoms with Crippen molar-refractivity contribution in [3.63, 3.8) is 0 Å². The molecule has 0 aromatic heterocycles. The van der Waals surface area contributed by atoms with Gasteiger partial charge in [-0.3, -0.25) is 4.79 Å². The molecular formula is C14H12ClFN2O2. The number of anilines is 2. The molecule has 0 atom stereocenters. The number of methoxy groups -OCH3 is 1. The largest absolute Gasteiger partial charge is 0.496 e. The molecule has 0 saturated heterocycles. The molecule has 3 N–H and O–H groups in total. The first-order chi connectivity index (χ1) is 9.51. The van der Waals surface area contributed by atoms with Crippen molar-refractivity contribution in [3.8, 4) is 5.75 Å². The molecule has 104 valence electrons. The molecule has 0 aliphatic heterocycles. The number of hydrogen-bond acceptors (Lipinski definition) is 3. The third-order valence-corrected chi connectivity index (χ3v) is 2.90. The van der Waals surface area contributed by atoms with Crippen LogP contribution in [0.15, 0.2) is 36.4 Å². The predicted molar refractivity (Wildman–Crippen MR) is 76.8 cm³/mol. The van der Waals surface area contributed by atoms with Gasteiger partial charge in [-0.1, -0.05) is 11.6 Å². The SMILES string of the molecule is COc1cc(Cl)ccc1C(=O)Nc1ccc(F)c(N)c1. The van der Waals surface area contributed by atoms with E-state index in [9.17, 15) is 9.18 Å². The zero-order chi connectivity index (χ0) is 14.7. The number of benzene rings is 2. The highest BCUT2D eigenvalue weighted by molar-refractivity contribution is 6.31. The summed E-state index contributed by atoms with van der Waals surface area (Å²) in [6.45, 7) is 0. The molecule has 0 radical (unpaired) electrons. The number of hydrogen-bond donors (Lipinski definition) is 2. The number of nitrogens with one attached hydrogen (secondary N) is 1. The number of carbonyl (C=O) groups excluding carboxylic acids is 1. The second-order valence-corrected chi connectivity index (χ2v) is 4.47. The first-order valence-electron chi connectivity index (χ1n) is 5.71. The van der Waals surface area contributed by atoms with Gasteiger partial charge in [-0.25, -0.2) is 4.39 Å². The van der Waals surface area contributed by atoms with Crippen LogP contribution in [0.1, 0.15) is 10.4 Å². The number of ether oxygens (including phenoxy) is 1. The number of nitrogen functional groups attached to an aromatic ring is 1. The first kappa shape index (κ1) is 14.1. The van der Waals surface area contributed by atoms with Gasteiger partial charge in [0.25, 0.3) is 5.91 Å². The average Bonchev–Trinajstić information content (AvgIpc) is 2.42. The molecule has 0 spiro atoms. The molecule has 0 heterocycles. The number of amides is 1. The summed E-state index contributed by atoms with van der Waals surface area (Å²) in [5.41, 5.74) is 6.12. The van der Waals surface area contributed by atoms with Crippen LogP contribution in [-0.2, 0) is 0 Å². The summed E-state index contributed by atoms with van der Waals surface area (Å²) in [4.78, 5) is 12.1. The van der Waals surface area contributed by atoms with E-state index in [2.05, 4.69) is 5.32 Å². The molecule has 0 unspecified atom stereocenters. The second-order valence-electron chi connectivity index (χ2n) is 4.04. The van der Waals surface area contributed by atoms with E-state index in [0.29, 0.717) is 22.0 Å². The Bertz CT molecular complexity index is 662. The highest BCUT2D eigenvalue weighted by Gasteiger charge is 2.13. The van der Waals surface area contributed by atoms with E-state index < -0.39 is 11.7 Å². The maximum absolute atomic E-state index is 13.0. The molecule has 0 bridgehead atoms. The van der Waals surface area contributed by atoms with E-state index in [-0.39, 0.29) is 5.69 Å². The molecular weight excluding hydrogens is 283 g/mol. The predicted octanol–water partition coefficient (Wildman–Crippen LogP) is 3.32. The number of nitrogens with two attached hydrogens (primary N) is 1. The fraction of sp³-hybridized carbons (Fsp3) is 0.0714. The van der Waals surface area contributed by atoms with Crippen molar-refractivity contribution in [1.82, 2.24) is 0 Å². The van der Waals surface area contributed by atoms with Gasteiger partial charge in [-0.05, 0) is 36.4 Å². The van der Waals surface area contributed by atoms with Crippen LogP contribution in [-0.4, -0.2) is 13.0 Å². The molecule has 4 nitrogen and oxygen atoms in total. The van der Waals surface area contributed by atoms with Gasteiger partial charge >= 0.3 is 0 Å². The molecule has 20 heavy (non-hydrogen) atoms. The van der Waals surface area contributed by atoms with Crippen LogP contribution >= 0.6 is 11.6 Å². The van der Waals surface area contributed by atoms with Gasteiger partial charge in [0.1, 0.15) is 11.6 Å². The monoisotopic (exact) mass is 294 g/mol. The summed E-state index contributed by atoms with van der Waals surface area (Å²) in [5.74, 6) is -0.582. The average molecular weight is 295 g/mol. The fourth-order valence-electron chi connectivity index (χ4n) is 1.67. The van der Waals surface area contributed by atoms with Crippen LogP contribution in [0.5, 0.6) is 5.75 Å². The second kappa shape index (κ2) is 5.79. The lowest BCUT2D eigenvalue weighted by Gasteiger charge is -2.10. The van der Waals surface area contributed by atoms with Gasteiger partial charge in [-0.15, -0.1) is 0 Å². The Morgan fingerprint density at radius 3 is 2.70 bits per heavy atom. The highest BCUT2D eigenvalue weighted by atomic mass is 35.5. The minimum atomic E-state index is -0.535. The molecule has 1 amide bonds. The van der Waals surface area contributed by atoms with Crippen molar-refractivity contribution in [3.05, 3.63) is 52.8 Å². The first-order valence-corrected chi connectivity index (χ1v) is 6.09. The Hall–Kier alpha value is -2.27. The van der Waals surface area contributed by atoms with Crippen LogP contribution in [0, 0.1) is 5.82 Å². The third-order valence-electron chi connectivity index (χ3n) is 2.66. The van der Waals surface area contributed by atoms with Crippen LogP contribution < -0.4 is 15.8 Å². The lowest BCUT2D eigenvalue weighted by Crippen LogP contribution is -2.13. The van der Waals surface area contributed by atoms with Crippen molar-refractivity contribution >= 4 is 28.9 Å². The zero-order valence-corrected chi connectivity index (χ0v) is 11.4. The quantitative estimate of drug-likeness (QED) is 0.854. The Morgan fingerprint density at radius 1 is 1.30 bits per heavy atom. The molecule has 0 fully saturated rings. The van der Waals surface area contributed by atoms with Crippen LogP contribution in [0.3, 0.4) is 0 Å². The van der Waals surface area contributed by atoms with Gasteiger partial charge in [0.2, 0.25) is 0 Å². The normalized spacial score (nSPS) is 10.2. The summed E-state index contributed by atoms with van der Waals surface area (Å²) in [7, 11) is 1.44. The Kier molecular flexibility index (Phi) is 4.10. The van der Waals surface area contributed by atoms with E-state index in [1.54, 1.807) is 12.1 Å². The molecule has 2 aromatic rings. The molecule has 6 heteroatoms. The smallest absolute Gasteiger partial charge is 0.259 e. The van der Waals surface area contributed by atoms with E-state index in [1.807, 2.05) is 0 Å². The minimum Gasteiger partial charge on any atom is -0.496 e. The minimum absolute atomic E-state index is 0.0362. The Balaban J connectivity index is 2.25. The van der Waals surface area contributed by atoms with Gasteiger partial charge in [-0.2, -0.15) is 0 Å². The molecule has 0 aliphatic carbocycles. The number of rotatable bonds is 3.